The zero-order valence-corrected chi connectivity index (χ0v) is 22.1. The predicted octanol–water partition coefficient (Wildman–Crippen LogP) is 4.56. The summed E-state index contributed by atoms with van der Waals surface area (Å²) in [5.41, 5.74) is 1.07. The third-order valence-electron chi connectivity index (χ3n) is 9.74. The second-order valence-corrected chi connectivity index (χ2v) is 12.1. The van der Waals surface area contributed by atoms with Gasteiger partial charge in [0.1, 0.15) is 0 Å². The fourth-order valence-electron chi connectivity index (χ4n) is 7.54. The highest BCUT2D eigenvalue weighted by molar-refractivity contribution is 5.79. The lowest BCUT2D eigenvalue weighted by Gasteiger charge is -2.56. The van der Waals surface area contributed by atoms with Crippen LogP contribution >= 0.6 is 0 Å². The summed E-state index contributed by atoms with van der Waals surface area (Å²) in [4.78, 5) is 32.2. The van der Waals surface area contributed by atoms with E-state index in [1.807, 2.05) is 26.1 Å². The van der Waals surface area contributed by atoms with E-state index in [1.54, 1.807) is 17.3 Å². The molecule has 2 amide bonds. The summed E-state index contributed by atoms with van der Waals surface area (Å²) in [6.45, 7) is 7.02. The van der Waals surface area contributed by atoms with E-state index in [-0.39, 0.29) is 52.9 Å². The first-order valence-electron chi connectivity index (χ1n) is 13.8. The van der Waals surface area contributed by atoms with Gasteiger partial charge in [-0.3, -0.25) is 14.6 Å². The van der Waals surface area contributed by atoms with Crippen LogP contribution in [0.15, 0.2) is 24.5 Å². The molecule has 1 heterocycles. The summed E-state index contributed by atoms with van der Waals surface area (Å²) < 4.78 is 0. The first kappa shape index (κ1) is 26.1. The molecule has 7 atom stereocenters. The minimum Gasteiger partial charge on any atom is -0.392 e. The topological polar surface area (TPSA) is 82.5 Å². The molecule has 0 radical (unpaired) electrons. The van der Waals surface area contributed by atoms with Gasteiger partial charge < -0.3 is 15.3 Å². The monoisotopic (exact) mass is 483 g/mol. The molecule has 7 unspecified atom stereocenters. The van der Waals surface area contributed by atoms with E-state index in [0.29, 0.717) is 6.54 Å². The van der Waals surface area contributed by atoms with Crippen molar-refractivity contribution in [3.63, 3.8) is 0 Å². The summed E-state index contributed by atoms with van der Waals surface area (Å²) >= 11 is 0. The maximum atomic E-state index is 13.3. The number of pyridine rings is 1. The number of nitrogens with one attached hydrogen (secondary N) is 1. The van der Waals surface area contributed by atoms with E-state index in [4.69, 9.17) is 0 Å². The highest BCUT2D eigenvalue weighted by Crippen LogP contribution is 2.55. The summed E-state index contributed by atoms with van der Waals surface area (Å²) in [6.07, 6.45) is 12.4. The average molecular weight is 484 g/mol. The molecule has 3 saturated carbocycles. The van der Waals surface area contributed by atoms with E-state index in [0.717, 1.165) is 56.9 Å². The molecule has 0 aliphatic heterocycles. The number of aromatic nitrogens is 1. The van der Waals surface area contributed by atoms with Crippen molar-refractivity contribution in [2.45, 2.75) is 97.2 Å². The summed E-state index contributed by atoms with van der Waals surface area (Å²) in [7, 11) is 1.84. The molecule has 0 saturated heterocycles. The van der Waals surface area contributed by atoms with Crippen molar-refractivity contribution in [2.24, 2.45) is 35.0 Å². The minimum atomic E-state index is -0.538. The molecule has 0 aromatic carbocycles. The largest absolute Gasteiger partial charge is 0.392 e. The Kier molecular flexibility index (Phi) is 8.19. The van der Waals surface area contributed by atoms with Gasteiger partial charge in [-0.15, -0.1) is 0 Å². The minimum absolute atomic E-state index is 0.0613. The highest BCUT2D eigenvalue weighted by Gasteiger charge is 2.54. The number of amides is 2. The number of nitrogens with zero attached hydrogens (tertiary/aromatic N) is 2. The predicted molar refractivity (Wildman–Crippen MR) is 137 cm³/mol. The number of aliphatic hydroxyl groups is 1. The Labute approximate surface area is 211 Å². The van der Waals surface area contributed by atoms with Crippen molar-refractivity contribution in [2.75, 3.05) is 7.05 Å². The van der Waals surface area contributed by atoms with Crippen molar-refractivity contribution in [1.29, 1.82) is 0 Å². The van der Waals surface area contributed by atoms with Crippen LogP contribution in [0.4, 0.5) is 0 Å². The van der Waals surface area contributed by atoms with E-state index >= 15 is 0 Å². The van der Waals surface area contributed by atoms with Gasteiger partial charge in [-0.05, 0) is 73.3 Å². The maximum absolute atomic E-state index is 13.3. The van der Waals surface area contributed by atoms with Crippen molar-refractivity contribution in [3.8, 4) is 0 Å². The van der Waals surface area contributed by atoms with Gasteiger partial charge in [-0.1, -0.05) is 46.1 Å². The quantitative estimate of drug-likeness (QED) is 0.621. The molecule has 1 aromatic heterocycles. The fraction of sp³-hybridized carbons (Fsp3) is 0.759. The number of rotatable bonds is 6. The molecule has 2 N–H and O–H groups in total. The summed E-state index contributed by atoms with van der Waals surface area (Å²) in [6, 6.07) is 3.97. The maximum Gasteiger partial charge on any atom is 0.225 e. The van der Waals surface area contributed by atoms with Crippen LogP contribution in [0, 0.1) is 35.0 Å². The van der Waals surface area contributed by atoms with Crippen molar-refractivity contribution in [3.05, 3.63) is 30.1 Å². The Morgan fingerprint density at radius 3 is 2.60 bits per heavy atom. The lowest BCUT2D eigenvalue weighted by Crippen LogP contribution is -2.59. The zero-order valence-electron chi connectivity index (χ0n) is 22.1. The molecular formula is C29H45N3O3. The molecule has 194 valence electrons. The van der Waals surface area contributed by atoms with Gasteiger partial charge in [0.2, 0.25) is 11.8 Å². The SMILES string of the molecule is CC(C(=O)N(C)Cc1cccnc1)C1CCC2(C)CCC(NC(=O)C3CCCCC3)C(C)C2C1O. The average Bonchev–Trinajstić information content (AvgIpc) is 2.86. The van der Waals surface area contributed by atoms with Gasteiger partial charge in [0.25, 0.3) is 0 Å². The fourth-order valence-corrected chi connectivity index (χ4v) is 7.54. The van der Waals surface area contributed by atoms with Crippen molar-refractivity contribution < 1.29 is 14.7 Å². The number of aliphatic hydroxyl groups excluding tert-OH is 1. The lowest BCUT2D eigenvalue weighted by molar-refractivity contribution is -0.150. The normalized spacial score (nSPS) is 34.5. The third kappa shape index (κ3) is 5.58. The number of carbonyl (C=O) groups excluding carboxylic acids is 2. The van der Waals surface area contributed by atoms with Gasteiger partial charge in [0, 0.05) is 43.9 Å². The molecule has 0 bridgehead atoms. The van der Waals surface area contributed by atoms with Crippen LogP contribution in [0.1, 0.15) is 84.1 Å². The van der Waals surface area contributed by atoms with Crippen LogP contribution in [-0.2, 0) is 16.1 Å². The van der Waals surface area contributed by atoms with Crippen LogP contribution < -0.4 is 5.32 Å². The molecule has 6 nitrogen and oxygen atoms in total. The first-order valence-corrected chi connectivity index (χ1v) is 13.8. The molecule has 4 rings (SSSR count). The van der Waals surface area contributed by atoms with Gasteiger partial charge in [-0.2, -0.15) is 0 Å². The molecule has 0 spiro atoms. The smallest absolute Gasteiger partial charge is 0.225 e. The second kappa shape index (κ2) is 11.0. The van der Waals surface area contributed by atoms with Gasteiger partial charge in [0.05, 0.1) is 6.10 Å². The number of hydrogen-bond acceptors (Lipinski definition) is 4. The van der Waals surface area contributed by atoms with E-state index in [1.165, 1.54) is 6.42 Å². The Bertz CT molecular complexity index is 871. The van der Waals surface area contributed by atoms with Crippen LogP contribution in [0.3, 0.4) is 0 Å². The van der Waals surface area contributed by atoms with Gasteiger partial charge in [0.15, 0.2) is 0 Å². The third-order valence-corrected chi connectivity index (χ3v) is 9.74. The Hall–Kier alpha value is -1.95. The van der Waals surface area contributed by atoms with Gasteiger partial charge in [-0.25, -0.2) is 0 Å². The Morgan fingerprint density at radius 2 is 1.91 bits per heavy atom. The van der Waals surface area contributed by atoms with E-state index < -0.39 is 6.10 Å². The van der Waals surface area contributed by atoms with Crippen LogP contribution in [0.5, 0.6) is 0 Å². The van der Waals surface area contributed by atoms with Crippen LogP contribution in [-0.4, -0.2) is 46.0 Å². The first-order chi connectivity index (χ1) is 16.7. The number of fused-ring (bicyclic) bond motifs is 1. The van der Waals surface area contributed by atoms with Crippen LogP contribution in [0.25, 0.3) is 0 Å². The van der Waals surface area contributed by atoms with Crippen molar-refractivity contribution in [1.82, 2.24) is 15.2 Å². The Morgan fingerprint density at radius 1 is 1.20 bits per heavy atom. The molecule has 3 aliphatic carbocycles. The summed E-state index contributed by atoms with van der Waals surface area (Å²) in [5, 5.41) is 15.1. The highest BCUT2D eigenvalue weighted by atomic mass is 16.3. The lowest BCUT2D eigenvalue weighted by atomic mass is 9.51. The second-order valence-electron chi connectivity index (χ2n) is 12.1. The Balaban J connectivity index is 1.42. The van der Waals surface area contributed by atoms with Crippen molar-refractivity contribution >= 4 is 11.8 Å². The molecule has 3 fully saturated rings. The molecule has 3 aliphatic rings. The van der Waals surface area contributed by atoms with Crippen LogP contribution in [0.2, 0.25) is 0 Å². The molecule has 35 heavy (non-hydrogen) atoms. The molecule has 1 aromatic rings. The summed E-state index contributed by atoms with van der Waals surface area (Å²) in [5.74, 6) is 0.411. The molecule has 6 heteroatoms. The number of hydrogen-bond donors (Lipinski definition) is 2. The molecular weight excluding hydrogens is 438 g/mol. The standard InChI is InChI=1S/C29H45N3O3/c1-19(28(35)32(4)18-21-9-8-16-30-17-21)23-12-14-29(3)15-13-24(20(2)25(29)26(23)33)31-27(34)22-10-6-5-7-11-22/h8-9,16-17,19-20,22-26,33H,5-7,10-15,18H2,1-4H3,(H,31,34). The van der Waals surface area contributed by atoms with Gasteiger partial charge >= 0.3 is 0 Å². The zero-order chi connectivity index (χ0) is 25.2. The van der Waals surface area contributed by atoms with E-state index in [2.05, 4.69) is 24.1 Å². The van der Waals surface area contributed by atoms with E-state index in [9.17, 15) is 14.7 Å². The number of carbonyl (C=O) groups is 2.